The van der Waals surface area contributed by atoms with Crippen molar-refractivity contribution in [1.82, 2.24) is 9.97 Å². The fourth-order valence-corrected chi connectivity index (χ4v) is 3.98. The van der Waals surface area contributed by atoms with Crippen LogP contribution in [0.4, 0.5) is 11.4 Å². The normalized spacial score (nSPS) is 14.6. The van der Waals surface area contributed by atoms with Crippen molar-refractivity contribution >= 4 is 29.0 Å². The highest BCUT2D eigenvalue weighted by atomic mass is 32.2. The molecule has 1 aliphatic heterocycles. The lowest BCUT2D eigenvalue weighted by atomic mass is 10.1. The number of pyridine rings is 2. The first-order valence-electron chi connectivity index (χ1n) is 9.57. The van der Waals surface area contributed by atoms with Gasteiger partial charge in [-0.1, -0.05) is 17.8 Å². The van der Waals surface area contributed by atoms with Gasteiger partial charge in [0.05, 0.1) is 6.10 Å². The number of benzene rings is 1. The van der Waals surface area contributed by atoms with E-state index >= 15 is 0 Å². The number of aliphatic hydroxyl groups excluding tert-OH is 1. The first kappa shape index (κ1) is 19.4. The topological polar surface area (TPSA) is 78.4 Å². The second kappa shape index (κ2) is 9.07. The van der Waals surface area contributed by atoms with Crippen molar-refractivity contribution in [2.45, 2.75) is 29.0 Å². The van der Waals surface area contributed by atoms with Crippen LogP contribution in [0.25, 0.3) is 0 Å². The fourth-order valence-electron chi connectivity index (χ4n) is 3.21. The number of rotatable bonds is 5. The molecule has 1 amide bonds. The maximum Gasteiger partial charge on any atom is 0.255 e. The monoisotopic (exact) mass is 406 g/mol. The summed E-state index contributed by atoms with van der Waals surface area (Å²) in [6, 6.07) is 16.9. The summed E-state index contributed by atoms with van der Waals surface area (Å²) in [7, 11) is 0. The molecule has 1 saturated heterocycles. The number of hydrogen-bond acceptors (Lipinski definition) is 6. The number of piperidine rings is 1. The van der Waals surface area contributed by atoms with Crippen LogP contribution < -0.4 is 10.2 Å². The highest BCUT2D eigenvalue weighted by Crippen LogP contribution is 2.26. The molecule has 29 heavy (non-hydrogen) atoms. The zero-order chi connectivity index (χ0) is 20.1. The predicted octanol–water partition coefficient (Wildman–Crippen LogP) is 3.84. The van der Waals surface area contributed by atoms with Crippen LogP contribution in [-0.2, 0) is 0 Å². The third-order valence-corrected chi connectivity index (χ3v) is 5.68. The van der Waals surface area contributed by atoms with Crippen LogP contribution in [0.5, 0.6) is 0 Å². The predicted molar refractivity (Wildman–Crippen MR) is 114 cm³/mol. The summed E-state index contributed by atoms with van der Waals surface area (Å²) in [5.41, 5.74) is 2.37. The first-order valence-corrected chi connectivity index (χ1v) is 10.4. The van der Waals surface area contributed by atoms with Crippen LogP contribution in [-0.4, -0.2) is 40.2 Å². The van der Waals surface area contributed by atoms with Gasteiger partial charge >= 0.3 is 0 Å². The number of amides is 1. The minimum absolute atomic E-state index is 0.161. The molecule has 3 aromatic rings. The summed E-state index contributed by atoms with van der Waals surface area (Å²) in [5, 5.41) is 14.2. The molecule has 6 nitrogen and oxygen atoms in total. The highest BCUT2D eigenvalue weighted by molar-refractivity contribution is 7.99. The largest absolute Gasteiger partial charge is 0.393 e. The number of carbonyl (C=O) groups is 1. The number of aromatic nitrogens is 2. The highest BCUT2D eigenvalue weighted by Gasteiger charge is 2.17. The van der Waals surface area contributed by atoms with E-state index in [2.05, 4.69) is 20.2 Å². The van der Waals surface area contributed by atoms with Gasteiger partial charge in [-0.25, -0.2) is 9.97 Å². The van der Waals surface area contributed by atoms with E-state index in [4.69, 9.17) is 0 Å². The standard InChI is InChI=1S/C22H22N4O2S/c27-19-9-13-26(14-10-19)18-6-4-16(5-7-18)22(28)25-17-8-12-24-21(15-17)29-20-3-1-2-11-23-20/h1-8,11-12,15,19,27H,9-10,13-14H2,(H,24,25,28). The van der Waals surface area contributed by atoms with Crippen molar-refractivity contribution < 1.29 is 9.90 Å². The summed E-state index contributed by atoms with van der Waals surface area (Å²) >= 11 is 1.45. The maximum absolute atomic E-state index is 12.6. The minimum Gasteiger partial charge on any atom is -0.393 e. The Morgan fingerprint density at radius 3 is 2.48 bits per heavy atom. The van der Waals surface area contributed by atoms with Crippen LogP contribution in [0.3, 0.4) is 0 Å². The molecule has 7 heteroatoms. The zero-order valence-electron chi connectivity index (χ0n) is 15.9. The summed E-state index contributed by atoms with van der Waals surface area (Å²) in [6.07, 6.45) is 4.78. The van der Waals surface area contributed by atoms with Gasteiger partial charge in [-0.2, -0.15) is 0 Å². The van der Waals surface area contributed by atoms with Gasteiger partial charge in [-0.3, -0.25) is 4.79 Å². The molecule has 0 spiro atoms. The number of nitrogens with one attached hydrogen (secondary N) is 1. The molecule has 0 unspecified atom stereocenters. The van der Waals surface area contributed by atoms with Crippen LogP contribution in [0.15, 0.2) is 77.0 Å². The molecule has 1 aliphatic rings. The number of aliphatic hydroxyl groups is 1. The second-order valence-corrected chi connectivity index (χ2v) is 7.91. The Hall–Kier alpha value is -2.90. The smallest absolute Gasteiger partial charge is 0.255 e. The summed E-state index contributed by atoms with van der Waals surface area (Å²) < 4.78 is 0. The van der Waals surface area contributed by atoms with E-state index in [-0.39, 0.29) is 12.0 Å². The van der Waals surface area contributed by atoms with Gasteiger partial charge in [0, 0.05) is 42.4 Å². The minimum atomic E-state index is -0.197. The summed E-state index contributed by atoms with van der Waals surface area (Å²) in [6.45, 7) is 1.67. The van der Waals surface area contributed by atoms with Crippen LogP contribution in [0, 0.1) is 0 Å². The quantitative estimate of drug-likeness (QED) is 0.670. The van der Waals surface area contributed by atoms with E-state index < -0.39 is 0 Å². The zero-order valence-corrected chi connectivity index (χ0v) is 16.7. The van der Waals surface area contributed by atoms with E-state index in [1.807, 2.05) is 48.5 Å². The van der Waals surface area contributed by atoms with Gasteiger partial charge in [0.15, 0.2) is 0 Å². The van der Waals surface area contributed by atoms with Crippen LogP contribution in [0.1, 0.15) is 23.2 Å². The van der Waals surface area contributed by atoms with Gasteiger partial charge in [0.25, 0.3) is 5.91 Å². The lowest BCUT2D eigenvalue weighted by Gasteiger charge is -2.31. The van der Waals surface area contributed by atoms with Gasteiger partial charge in [0.1, 0.15) is 10.1 Å². The average molecular weight is 407 g/mol. The first-order chi connectivity index (χ1) is 14.2. The lowest BCUT2D eigenvalue weighted by molar-refractivity contribution is 0.102. The van der Waals surface area contributed by atoms with Crippen molar-refractivity contribution in [2.75, 3.05) is 23.3 Å². The molecule has 2 N–H and O–H groups in total. The van der Waals surface area contributed by atoms with Crippen molar-refractivity contribution in [1.29, 1.82) is 0 Å². The molecule has 0 saturated carbocycles. The molecule has 3 heterocycles. The molecular formula is C22H22N4O2S. The van der Waals surface area contributed by atoms with E-state index in [1.165, 1.54) is 11.8 Å². The Balaban J connectivity index is 1.39. The molecule has 0 radical (unpaired) electrons. The Bertz CT molecular complexity index is 958. The molecule has 1 aromatic carbocycles. The third-order valence-electron chi connectivity index (χ3n) is 4.80. The van der Waals surface area contributed by atoms with Gasteiger partial charge in [-0.05, 0) is 61.4 Å². The summed E-state index contributed by atoms with van der Waals surface area (Å²) in [5.74, 6) is -0.161. The Labute approximate surface area is 174 Å². The number of anilines is 2. The molecule has 0 bridgehead atoms. The molecular weight excluding hydrogens is 384 g/mol. The molecule has 4 rings (SSSR count). The van der Waals surface area contributed by atoms with Crippen molar-refractivity contribution in [3.63, 3.8) is 0 Å². The third kappa shape index (κ3) is 5.13. The maximum atomic E-state index is 12.6. The van der Waals surface area contributed by atoms with Gasteiger partial charge < -0.3 is 15.3 Å². The Morgan fingerprint density at radius 2 is 1.76 bits per heavy atom. The van der Waals surface area contributed by atoms with Crippen LogP contribution >= 0.6 is 11.8 Å². The molecule has 0 atom stereocenters. The lowest BCUT2D eigenvalue weighted by Crippen LogP contribution is -2.35. The Morgan fingerprint density at radius 1 is 1.00 bits per heavy atom. The van der Waals surface area contributed by atoms with Crippen molar-refractivity contribution in [2.24, 2.45) is 0 Å². The van der Waals surface area contributed by atoms with Gasteiger partial charge in [0.2, 0.25) is 0 Å². The van der Waals surface area contributed by atoms with E-state index in [1.54, 1.807) is 18.5 Å². The fraction of sp³-hybridized carbons (Fsp3) is 0.227. The molecule has 148 valence electrons. The molecule has 0 aliphatic carbocycles. The average Bonchev–Trinajstić information content (AvgIpc) is 2.75. The van der Waals surface area contributed by atoms with E-state index in [9.17, 15) is 9.90 Å². The Kier molecular flexibility index (Phi) is 6.07. The van der Waals surface area contributed by atoms with Crippen molar-refractivity contribution in [3.05, 3.63) is 72.6 Å². The summed E-state index contributed by atoms with van der Waals surface area (Å²) in [4.78, 5) is 23.5. The number of hydrogen-bond donors (Lipinski definition) is 2. The van der Waals surface area contributed by atoms with E-state index in [0.717, 1.165) is 41.7 Å². The van der Waals surface area contributed by atoms with E-state index in [0.29, 0.717) is 11.3 Å². The SMILES string of the molecule is O=C(Nc1ccnc(Sc2ccccn2)c1)c1ccc(N2CCC(O)CC2)cc1. The molecule has 1 fully saturated rings. The second-order valence-electron chi connectivity index (χ2n) is 6.87. The number of nitrogens with zero attached hydrogens (tertiary/aromatic N) is 3. The number of carbonyl (C=O) groups excluding carboxylic acids is 1. The van der Waals surface area contributed by atoms with Gasteiger partial charge in [-0.15, -0.1) is 0 Å². The molecule has 2 aromatic heterocycles. The van der Waals surface area contributed by atoms with Crippen molar-refractivity contribution in [3.8, 4) is 0 Å². The van der Waals surface area contributed by atoms with Crippen LogP contribution in [0.2, 0.25) is 0 Å².